The van der Waals surface area contributed by atoms with Crippen molar-refractivity contribution < 1.29 is 9.90 Å². The van der Waals surface area contributed by atoms with E-state index in [4.69, 9.17) is 16.7 Å². The first-order chi connectivity index (χ1) is 7.68. The second-order valence-corrected chi connectivity index (χ2v) is 4.34. The molecule has 88 valence electrons. The van der Waals surface area contributed by atoms with E-state index in [1.54, 1.807) is 0 Å². The molecule has 0 saturated carbocycles. The Hall–Kier alpha value is -1.23. The van der Waals surface area contributed by atoms with Crippen LogP contribution in [0.25, 0.3) is 0 Å². The Labute approximate surface area is 98.4 Å². The van der Waals surface area contributed by atoms with Gasteiger partial charge in [0.05, 0.1) is 12.1 Å². The summed E-state index contributed by atoms with van der Waals surface area (Å²) in [6.45, 7) is 1.88. The zero-order valence-electron chi connectivity index (χ0n) is 8.87. The molecule has 2 heterocycles. The first kappa shape index (κ1) is 11.3. The Balaban J connectivity index is 2.15. The fourth-order valence-electron chi connectivity index (χ4n) is 1.94. The van der Waals surface area contributed by atoms with Crippen molar-refractivity contribution in [2.45, 2.75) is 25.7 Å². The number of aliphatic carboxylic acids is 1. The monoisotopic (exact) mass is 243 g/mol. The molecule has 1 aromatic rings. The Morgan fingerprint density at radius 2 is 2.12 bits per heavy atom. The molecule has 0 aromatic carbocycles. The van der Waals surface area contributed by atoms with Gasteiger partial charge in [-0.3, -0.25) is 9.89 Å². The van der Waals surface area contributed by atoms with Crippen LogP contribution in [0.1, 0.15) is 25.0 Å². The quantitative estimate of drug-likeness (QED) is 0.848. The number of aromatic amines is 1. The number of carboxylic acids is 1. The summed E-state index contributed by atoms with van der Waals surface area (Å²) in [5.74, 6) is -0.214. The fourth-order valence-corrected chi connectivity index (χ4v) is 2.21. The Morgan fingerprint density at radius 3 is 2.75 bits per heavy atom. The Morgan fingerprint density at radius 1 is 1.44 bits per heavy atom. The lowest BCUT2D eigenvalue weighted by Gasteiger charge is -2.26. The molecular formula is C10H14ClN3O2. The topological polar surface area (TPSA) is 69.2 Å². The number of rotatable bonds is 3. The van der Waals surface area contributed by atoms with Crippen LogP contribution >= 0.6 is 11.6 Å². The largest absolute Gasteiger partial charge is 0.481 e. The summed E-state index contributed by atoms with van der Waals surface area (Å²) in [6, 6.07) is 0. The maximum atomic E-state index is 10.6. The van der Waals surface area contributed by atoms with Gasteiger partial charge in [0.1, 0.15) is 5.02 Å². The summed E-state index contributed by atoms with van der Waals surface area (Å²) >= 11 is 6.10. The molecule has 0 atom stereocenters. The van der Waals surface area contributed by atoms with Gasteiger partial charge in [-0.1, -0.05) is 11.6 Å². The molecule has 1 aliphatic heterocycles. The zero-order valence-corrected chi connectivity index (χ0v) is 9.63. The Kier molecular flexibility index (Phi) is 3.33. The summed E-state index contributed by atoms with van der Waals surface area (Å²) in [5.41, 5.74) is 0.481. The van der Waals surface area contributed by atoms with Crippen molar-refractivity contribution in [3.05, 3.63) is 10.7 Å². The first-order valence-electron chi connectivity index (χ1n) is 5.38. The van der Waals surface area contributed by atoms with Crippen molar-refractivity contribution >= 4 is 23.4 Å². The van der Waals surface area contributed by atoms with Gasteiger partial charge in [-0.2, -0.15) is 5.10 Å². The van der Waals surface area contributed by atoms with Gasteiger partial charge in [-0.05, 0) is 19.3 Å². The summed E-state index contributed by atoms with van der Waals surface area (Å²) in [4.78, 5) is 12.7. The van der Waals surface area contributed by atoms with Gasteiger partial charge in [-0.25, -0.2) is 0 Å². The van der Waals surface area contributed by atoms with Crippen LogP contribution in [0.2, 0.25) is 5.02 Å². The lowest BCUT2D eigenvalue weighted by atomic mass is 10.1. The number of nitrogens with one attached hydrogen (secondary N) is 1. The van der Waals surface area contributed by atoms with Crippen LogP contribution in [0.15, 0.2) is 0 Å². The van der Waals surface area contributed by atoms with Crippen molar-refractivity contribution in [3.8, 4) is 0 Å². The predicted molar refractivity (Wildman–Crippen MR) is 61.0 cm³/mol. The van der Waals surface area contributed by atoms with Crippen LogP contribution in [0, 0.1) is 0 Å². The number of aromatic nitrogens is 2. The standard InChI is InChI=1S/C10H14ClN3O2/c11-9-7(6-8(15)16)12-13-10(9)14-4-2-1-3-5-14/h1-6H2,(H,12,13)(H,15,16). The number of anilines is 1. The number of hydrogen-bond acceptors (Lipinski definition) is 3. The number of piperidine rings is 1. The molecular weight excluding hydrogens is 230 g/mol. The minimum absolute atomic E-state index is 0.111. The summed E-state index contributed by atoms with van der Waals surface area (Å²) in [6.07, 6.45) is 3.40. The van der Waals surface area contributed by atoms with Gasteiger partial charge in [0.25, 0.3) is 0 Å². The van der Waals surface area contributed by atoms with Crippen molar-refractivity contribution in [2.75, 3.05) is 18.0 Å². The normalized spacial score (nSPS) is 16.4. The van der Waals surface area contributed by atoms with E-state index < -0.39 is 5.97 Å². The van der Waals surface area contributed by atoms with E-state index >= 15 is 0 Å². The summed E-state index contributed by atoms with van der Waals surface area (Å²) in [5, 5.41) is 15.9. The van der Waals surface area contributed by atoms with Gasteiger partial charge in [0.15, 0.2) is 5.82 Å². The van der Waals surface area contributed by atoms with Gasteiger partial charge in [0, 0.05) is 13.1 Å². The lowest BCUT2D eigenvalue weighted by Crippen LogP contribution is -2.29. The molecule has 1 saturated heterocycles. The highest BCUT2D eigenvalue weighted by Gasteiger charge is 2.20. The second kappa shape index (κ2) is 4.74. The molecule has 0 radical (unpaired) electrons. The van der Waals surface area contributed by atoms with E-state index in [0.29, 0.717) is 16.5 Å². The SMILES string of the molecule is O=C(O)Cc1[nH]nc(N2CCCCC2)c1Cl. The summed E-state index contributed by atoms with van der Waals surface area (Å²) < 4.78 is 0. The average Bonchev–Trinajstić information content (AvgIpc) is 2.61. The number of H-pyrrole nitrogens is 1. The van der Waals surface area contributed by atoms with E-state index in [2.05, 4.69) is 15.1 Å². The highest BCUT2D eigenvalue weighted by atomic mass is 35.5. The molecule has 2 rings (SSSR count). The van der Waals surface area contributed by atoms with Gasteiger partial charge >= 0.3 is 5.97 Å². The molecule has 1 fully saturated rings. The van der Waals surface area contributed by atoms with E-state index in [9.17, 15) is 4.79 Å². The van der Waals surface area contributed by atoms with E-state index in [-0.39, 0.29) is 6.42 Å². The van der Waals surface area contributed by atoms with Gasteiger partial charge in [-0.15, -0.1) is 0 Å². The van der Waals surface area contributed by atoms with Crippen molar-refractivity contribution in [1.82, 2.24) is 10.2 Å². The van der Waals surface area contributed by atoms with Crippen LogP contribution in [-0.4, -0.2) is 34.4 Å². The van der Waals surface area contributed by atoms with Crippen molar-refractivity contribution in [2.24, 2.45) is 0 Å². The Bertz CT molecular complexity index is 385. The zero-order chi connectivity index (χ0) is 11.5. The molecule has 0 spiro atoms. The third kappa shape index (κ3) is 2.29. The predicted octanol–water partition coefficient (Wildman–Crippen LogP) is 1.68. The van der Waals surface area contributed by atoms with E-state index in [1.807, 2.05) is 0 Å². The van der Waals surface area contributed by atoms with Crippen LogP contribution < -0.4 is 4.90 Å². The van der Waals surface area contributed by atoms with E-state index in [1.165, 1.54) is 6.42 Å². The number of carboxylic acid groups (broad SMARTS) is 1. The van der Waals surface area contributed by atoms with E-state index in [0.717, 1.165) is 25.9 Å². The van der Waals surface area contributed by atoms with Crippen LogP contribution in [0.3, 0.4) is 0 Å². The summed E-state index contributed by atoms with van der Waals surface area (Å²) in [7, 11) is 0. The molecule has 16 heavy (non-hydrogen) atoms. The number of nitrogens with zero attached hydrogens (tertiary/aromatic N) is 2. The molecule has 2 N–H and O–H groups in total. The fraction of sp³-hybridized carbons (Fsp3) is 0.600. The average molecular weight is 244 g/mol. The first-order valence-corrected chi connectivity index (χ1v) is 5.76. The highest BCUT2D eigenvalue weighted by molar-refractivity contribution is 6.33. The highest BCUT2D eigenvalue weighted by Crippen LogP contribution is 2.28. The van der Waals surface area contributed by atoms with Crippen LogP contribution in [0.5, 0.6) is 0 Å². The van der Waals surface area contributed by atoms with Gasteiger partial charge in [0.2, 0.25) is 0 Å². The third-order valence-corrected chi connectivity index (χ3v) is 3.14. The molecule has 0 amide bonds. The maximum absolute atomic E-state index is 10.6. The molecule has 1 aliphatic rings. The lowest BCUT2D eigenvalue weighted by molar-refractivity contribution is -0.136. The number of hydrogen-bond donors (Lipinski definition) is 2. The minimum atomic E-state index is -0.907. The molecule has 0 unspecified atom stereocenters. The second-order valence-electron chi connectivity index (χ2n) is 3.96. The van der Waals surface area contributed by atoms with Crippen LogP contribution in [0.4, 0.5) is 5.82 Å². The molecule has 0 aliphatic carbocycles. The molecule has 0 bridgehead atoms. The maximum Gasteiger partial charge on any atom is 0.309 e. The number of carbonyl (C=O) groups is 1. The number of halogens is 1. The van der Waals surface area contributed by atoms with Crippen molar-refractivity contribution in [3.63, 3.8) is 0 Å². The molecule has 6 heteroatoms. The molecule has 1 aromatic heterocycles. The van der Waals surface area contributed by atoms with Crippen LogP contribution in [-0.2, 0) is 11.2 Å². The minimum Gasteiger partial charge on any atom is -0.481 e. The van der Waals surface area contributed by atoms with Gasteiger partial charge < -0.3 is 10.0 Å². The third-order valence-electron chi connectivity index (χ3n) is 2.74. The molecule has 5 nitrogen and oxygen atoms in total. The smallest absolute Gasteiger partial charge is 0.309 e. The van der Waals surface area contributed by atoms with Crippen molar-refractivity contribution in [1.29, 1.82) is 0 Å².